The number of nitrogens with one attached hydrogen (secondary N) is 1. The molecule has 0 amide bonds. The standard InChI is InChI=1S/C15H12N4O2/c1-9-12(7-16)15(13(8-17)10(2)18-9)11-5-3-4-6-14(11)19(20)21/h3-6,15,18H,1-2H3. The molecule has 1 aromatic carbocycles. The first-order valence-corrected chi connectivity index (χ1v) is 6.23. The van der Waals surface area contributed by atoms with Gasteiger partial charge in [0.1, 0.15) is 0 Å². The number of dihydropyridines is 1. The molecule has 0 aliphatic carbocycles. The number of hydrogen-bond donors (Lipinski definition) is 1. The largest absolute Gasteiger partial charge is 0.361 e. The monoisotopic (exact) mass is 280 g/mol. The molecule has 0 atom stereocenters. The number of nitrogens with zero attached hydrogens (tertiary/aromatic N) is 3. The highest BCUT2D eigenvalue weighted by atomic mass is 16.6. The first-order valence-electron chi connectivity index (χ1n) is 6.23. The molecule has 0 radical (unpaired) electrons. The summed E-state index contributed by atoms with van der Waals surface area (Å²) in [6, 6.07) is 10.3. The lowest BCUT2D eigenvalue weighted by atomic mass is 9.81. The zero-order valence-corrected chi connectivity index (χ0v) is 11.5. The van der Waals surface area contributed by atoms with Crippen LogP contribution in [0.25, 0.3) is 0 Å². The average Bonchev–Trinajstić information content (AvgIpc) is 2.46. The highest BCUT2D eigenvalue weighted by molar-refractivity contribution is 5.59. The molecule has 0 saturated heterocycles. The molecule has 0 fully saturated rings. The predicted molar refractivity (Wildman–Crippen MR) is 75.6 cm³/mol. The normalized spacial score (nSPS) is 15.2. The number of hydrogen-bond acceptors (Lipinski definition) is 5. The van der Waals surface area contributed by atoms with Crippen LogP contribution in [0.2, 0.25) is 0 Å². The number of nitro groups is 1. The molecule has 0 saturated carbocycles. The molecule has 104 valence electrons. The van der Waals surface area contributed by atoms with Crippen LogP contribution < -0.4 is 5.32 Å². The third kappa shape index (κ3) is 2.35. The summed E-state index contributed by atoms with van der Waals surface area (Å²) in [4.78, 5) is 10.7. The van der Waals surface area contributed by atoms with Gasteiger partial charge in [-0.1, -0.05) is 18.2 Å². The van der Waals surface area contributed by atoms with Gasteiger partial charge >= 0.3 is 0 Å². The van der Waals surface area contributed by atoms with Crippen molar-refractivity contribution >= 4 is 5.69 Å². The number of nitro benzene ring substituents is 1. The first kappa shape index (κ1) is 14.3. The van der Waals surface area contributed by atoms with Gasteiger partial charge in [-0.3, -0.25) is 10.1 Å². The molecule has 0 bridgehead atoms. The van der Waals surface area contributed by atoms with Gasteiger partial charge in [0.25, 0.3) is 5.69 Å². The average molecular weight is 280 g/mol. The highest BCUT2D eigenvalue weighted by Gasteiger charge is 2.33. The van der Waals surface area contributed by atoms with Crippen LogP contribution in [-0.4, -0.2) is 4.92 Å². The maximum Gasteiger partial charge on any atom is 0.273 e. The molecule has 1 N–H and O–H groups in total. The van der Waals surface area contributed by atoms with Gasteiger partial charge in [-0.15, -0.1) is 0 Å². The third-order valence-corrected chi connectivity index (χ3v) is 3.45. The molecule has 0 unspecified atom stereocenters. The van der Waals surface area contributed by atoms with Crippen LogP contribution in [0.5, 0.6) is 0 Å². The van der Waals surface area contributed by atoms with Crippen molar-refractivity contribution < 1.29 is 4.92 Å². The van der Waals surface area contributed by atoms with Gasteiger partial charge in [0.2, 0.25) is 0 Å². The fourth-order valence-corrected chi connectivity index (χ4v) is 2.50. The molecule has 1 heterocycles. The molecule has 6 nitrogen and oxygen atoms in total. The summed E-state index contributed by atoms with van der Waals surface area (Å²) in [5, 5.41) is 32.9. The van der Waals surface area contributed by atoms with Gasteiger partial charge < -0.3 is 5.32 Å². The maximum atomic E-state index is 11.2. The van der Waals surface area contributed by atoms with Crippen molar-refractivity contribution in [3.05, 3.63) is 62.5 Å². The van der Waals surface area contributed by atoms with E-state index in [-0.39, 0.29) is 5.69 Å². The number of benzene rings is 1. The second-order valence-electron chi connectivity index (χ2n) is 4.67. The predicted octanol–water partition coefficient (Wildman–Crippen LogP) is 2.88. The molecule has 1 aliphatic rings. The van der Waals surface area contributed by atoms with E-state index in [0.29, 0.717) is 28.1 Å². The third-order valence-electron chi connectivity index (χ3n) is 3.45. The number of para-hydroxylation sites is 1. The Bertz CT molecular complexity index is 727. The second kappa shape index (κ2) is 5.48. The summed E-state index contributed by atoms with van der Waals surface area (Å²) < 4.78 is 0. The van der Waals surface area contributed by atoms with Crippen molar-refractivity contribution in [2.45, 2.75) is 19.8 Å². The van der Waals surface area contributed by atoms with Crippen molar-refractivity contribution in [2.75, 3.05) is 0 Å². The van der Waals surface area contributed by atoms with Crippen LogP contribution in [-0.2, 0) is 0 Å². The maximum absolute atomic E-state index is 11.2. The van der Waals surface area contributed by atoms with E-state index in [1.807, 2.05) is 0 Å². The van der Waals surface area contributed by atoms with Crippen LogP contribution >= 0.6 is 0 Å². The molecular weight excluding hydrogens is 268 g/mol. The summed E-state index contributed by atoms with van der Waals surface area (Å²) in [7, 11) is 0. The van der Waals surface area contributed by atoms with Crippen molar-refractivity contribution in [1.82, 2.24) is 5.32 Å². The number of nitriles is 2. The summed E-state index contributed by atoms with van der Waals surface area (Å²) in [5.74, 6) is -0.706. The quantitative estimate of drug-likeness (QED) is 0.662. The van der Waals surface area contributed by atoms with Crippen molar-refractivity contribution in [3.63, 3.8) is 0 Å². The van der Waals surface area contributed by atoms with Gasteiger partial charge in [0.05, 0.1) is 34.1 Å². The fraction of sp³-hybridized carbons (Fsp3) is 0.200. The highest BCUT2D eigenvalue weighted by Crippen LogP contribution is 2.40. The Hall–Kier alpha value is -3.12. The summed E-state index contributed by atoms with van der Waals surface area (Å²) >= 11 is 0. The van der Waals surface area contributed by atoms with E-state index in [1.54, 1.807) is 32.0 Å². The number of allylic oxidation sites excluding steroid dienone is 4. The Morgan fingerprint density at radius 2 is 1.67 bits per heavy atom. The zero-order valence-electron chi connectivity index (χ0n) is 11.5. The first-order chi connectivity index (χ1) is 10.0. The van der Waals surface area contributed by atoms with E-state index < -0.39 is 10.8 Å². The molecule has 0 aromatic heterocycles. The smallest absolute Gasteiger partial charge is 0.273 e. The van der Waals surface area contributed by atoms with E-state index in [4.69, 9.17) is 0 Å². The summed E-state index contributed by atoms with van der Waals surface area (Å²) in [6.45, 7) is 3.44. The van der Waals surface area contributed by atoms with Crippen LogP contribution in [0.15, 0.2) is 46.8 Å². The summed E-state index contributed by atoms with van der Waals surface area (Å²) in [5.41, 5.74) is 2.13. The molecule has 21 heavy (non-hydrogen) atoms. The molecule has 0 spiro atoms. The molecule has 6 heteroatoms. The van der Waals surface area contributed by atoms with Crippen LogP contribution in [0, 0.1) is 32.8 Å². The van der Waals surface area contributed by atoms with Gasteiger partial charge in [0, 0.05) is 23.0 Å². The van der Waals surface area contributed by atoms with E-state index >= 15 is 0 Å². The molecular formula is C15H12N4O2. The number of rotatable bonds is 2. The van der Waals surface area contributed by atoms with E-state index in [1.165, 1.54) is 6.07 Å². The SMILES string of the molecule is CC1=C(C#N)C(c2ccccc2[N+](=O)[O-])C(C#N)=C(C)N1. The lowest BCUT2D eigenvalue weighted by Gasteiger charge is -2.25. The van der Waals surface area contributed by atoms with Crippen LogP contribution in [0.4, 0.5) is 5.69 Å². The second-order valence-corrected chi connectivity index (χ2v) is 4.67. The minimum atomic E-state index is -0.706. The van der Waals surface area contributed by atoms with Crippen molar-refractivity contribution in [1.29, 1.82) is 10.5 Å². The van der Waals surface area contributed by atoms with Gasteiger partial charge in [-0.25, -0.2) is 0 Å². The summed E-state index contributed by atoms with van der Waals surface area (Å²) in [6.07, 6.45) is 0. The minimum absolute atomic E-state index is 0.0921. The molecule has 1 aromatic rings. The van der Waals surface area contributed by atoms with Gasteiger partial charge in [-0.2, -0.15) is 10.5 Å². The van der Waals surface area contributed by atoms with Crippen molar-refractivity contribution in [3.8, 4) is 12.1 Å². The Morgan fingerprint density at radius 1 is 1.14 bits per heavy atom. The topological polar surface area (TPSA) is 103 Å². The van der Waals surface area contributed by atoms with E-state index in [0.717, 1.165) is 0 Å². The van der Waals surface area contributed by atoms with Gasteiger partial charge in [0.15, 0.2) is 0 Å². The zero-order chi connectivity index (χ0) is 15.6. The van der Waals surface area contributed by atoms with Gasteiger partial charge in [-0.05, 0) is 13.8 Å². The Morgan fingerprint density at radius 3 is 2.14 bits per heavy atom. The Balaban J connectivity index is 2.75. The van der Waals surface area contributed by atoms with E-state index in [2.05, 4.69) is 17.5 Å². The fourth-order valence-electron chi connectivity index (χ4n) is 2.50. The Labute approximate surface area is 121 Å². The molecule has 2 rings (SSSR count). The van der Waals surface area contributed by atoms with Crippen LogP contribution in [0.1, 0.15) is 25.3 Å². The minimum Gasteiger partial charge on any atom is -0.361 e. The van der Waals surface area contributed by atoms with Crippen molar-refractivity contribution in [2.24, 2.45) is 0 Å². The Kier molecular flexibility index (Phi) is 3.73. The van der Waals surface area contributed by atoms with Crippen LogP contribution in [0.3, 0.4) is 0 Å². The molecule has 1 aliphatic heterocycles. The lowest BCUT2D eigenvalue weighted by molar-refractivity contribution is -0.385. The lowest BCUT2D eigenvalue weighted by Crippen LogP contribution is -2.23. The van der Waals surface area contributed by atoms with E-state index in [9.17, 15) is 20.6 Å².